The second kappa shape index (κ2) is 7.38. The van der Waals surface area contributed by atoms with E-state index in [4.69, 9.17) is 4.74 Å². The van der Waals surface area contributed by atoms with Crippen molar-refractivity contribution in [2.24, 2.45) is 5.92 Å². The number of Topliss-reactive ketones (excluding diaryl/α,β-unsaturated/α-hetero) is 1. The lowest BCUT2D eigenvalue weighted by Gasteiger charge is -2.37. The van der Waals surface area contributed by atoms with Crippen LogP contribution in [0.25, 0.3) is 0 Å². The monoisotopic (exact) mass is 336 g/mol. The van der Waals surface area contributed by atoms with Crippen molar-refractivity contribution in [1.29, 1.82) is 0 Å². The van der Waals surface area contributed by atoms with Crippen LogP contribution in [0.5, 0.6) is 5.75 Å². The highest BCUT2D eigenvalue weighted by atomic mass is 16.5. The molecule has 4 nitrogen and oxygen atoms in total. The van der Waals surface area contributed by atoms with E-state index >= 15 is 0 Å². The Labute approximate surface area is 149 Å². The molecule has 0 spiro atoms. The van der Waals surface area contributed by atoms with E-state index < -0.39 is 0 Å². The highest BCUT2D eigenvalue weighted by Crippen LogP contribution is 2.27. The minimum atomic E-state index is -0.0458. The molecular weight excluding hydrogens is 312 g/mol. The van der Waals surface area contributed by atoms with Crippen LogP contribution in [0.15, 0.2) is 54.6 Å². The summed E-state index contributed by atoms with van der Waals surface area (Å²) in [5.74, 6) is 0.917. The largest absolute Gasteiger partial charge is 0.492 e. The van der Waals surface area contributed by atoms with Crippen molar-refractivity contribution < 1.29 is 9.53 Å². The number of carbonyl (C=O) groups is 1. The summed E-state index contributed by atoms with van der Waals surface area (Å²) in [5.41, 5.74) is 2.10. The maximum atomic E-state index is 12.7. The number of hydrogen-bond donors (Lipinski definition) is 0. The molecule has 0 amide bonds. The van der Waals surface area contributed by atoms with Crippen molar-refractivity contribution >= 4 is 5.78 Å². The zero-order valence-electron chi connectivity index (χ0n) is 14.4. The second-order valence-corrected chi connectivity index (χ2v) is 6.93. The third kappa shape index (κ3) is 3.75. The van der Waals surface area contributed by atoms with Gasteiger partial charge in [0.2, 0.25) is 0 Å². The third-order valence-corrected chi connectivity index (χ3v) is 5.16. The quantitative estimate of drug-likeness (QED) is 0.859. The topological polar surface area (TPSA) is 32.8 Å². The average molecular weight is 336 g/mol. The minimum Gasteiger partial charge on any atom is -0.492 e. The van der Waals surface area contributed by atoms with Gasteiger partial charge in [-0.1, -0.05) is 42.5 Å². The number of fused-ring (bicyclic) bond motifs is 1. The van der Waals surface area contributed by atoms with Gasteiger partial charge in [0, 0.05) is 39.3 Å². The van der Waals surface area contributed by atoms with Crippen LogP contribution in [0.2, 0.25) is 0 Å². The van der Waals surface area contributed by atoms with Crippen LogP contribution in [-0.4, -0.2) is 54.9 Å². The summed E-state index contributed by atoms with van der Waals surface area (Å²) in [7, 11) is 0. The van der Waals surface area contributed by atoms with E-state index in [2.05, 4.69) is 40.1 Å². The Morgan fingerprint density at radius 3 is 2.36 bits per heavy atom. The highest BCUT2D eigenvalue weighted by molar-refractivity contribution is 6.01. The Bertz CT molecular complexity index is 724. The van der Waals surface area contributed by atoms with E-state index in [0.717, 1.165) is 50.6 Å². The van der Waals surface area contributed by atoms with Gasteiger partial charge in [-0.25, -0.2) is 0 Å². The van der Waals surface area contributed by atoms with Crippen LogP contribution in [-0.2, 0) is 6.54 Å². The van der Waals surface area contributed by atoms with Crippen LogP contribution in [0.1, 0.15) is 15.9 Å². The molecule has 2 heterocycles. The first-order valence-electron chi connectivity index (χ1n) is 9.04. The molecule has 1 unspecified atom stereocenters. The fourth-order valence-corrected chi connectivity index (χ4v) is 3.70. The number of benzene rings is 2. The predicted molar refractivity (Wildman–Crippen MR) is 97.9 cm³/mol. The molecule has 4 rings (SSSR count). The van der Waals surface area contributed by atoms with Gasteiger partial charge in [-0.05, 0) is 17.7 Å². The zero-order chi connectivity index (χ0) is 17.1. The Balaban J connectivity index is 1.30. The van der Waals surface area contributed by atoms with E-state index in [-0.39, 0.29) is 11.7 Å². The SMILES string of the molecule is O=C1c2ccccc2OCC1CN1CCN(Cc2ccccc2)CC1. The van der Waals surface area contributed by atoms with Gasteiger partial charge in [0.1, 0.15) is 5.75 Å². The molecule has 2 aliphatic heterocycles. The van der Waals surface area contributed by atoms with Gasteiger partial charge < -0.3 is 4.74 Å². The number of ketones is 1. The van der Waals surface area contributed by atoms with E-state index in [0.29, 0.717) is 6.61 Å². The molecule has 2 aliphatic rings. The number of rotatable bonds is 4. The van der Waals surface area contributed by atoms with Gasteiger partial charge in [-0.2, -0.15) is 0 Å². The number of carbonyl (C=O) groups excluding carboxylic acids is 1. The number of piperazine rings is 1. The molecule has 0 N–H and O–H groups in total. The first kappa shape index (κ1) is 16.3. The molecule has 2 aromatic carbocycles. The van der Waals surface area contributed by atoms with Crippen molar-refractivity contribution in [3.63, 3.8) is 0 Å². The highest BCUT2D eigenvalue weighted by Gasteiger charge is 2.30. The first-order valence-corrected chi connectivity index (χ1v) is 9.04. The van der Waals surface area contributed by atoms with Gasteiger partial charge in [-0.15, -0.1) is 0 Å². The maximum absolute atomic E-state index is 12.7. The lowest BCUT2D eigenvalue weighted by Crippen LogP contribution is -2.49. The number of para-hydroxylation sites is 1. The van der Waals surface area contributed by atoms with Crippen molar-refractivity contribution in [2.45, 2.75) is 6.54 Å². The van der Waals surface area contributed by atoms with Crippen LogP contribution >= 0.6 is 0 Å². The average Bonchev–Trinajstić information content (AvgIpc) is 2.67. The van der Waals surface area contributed by atoms with Crippen molar-refractivity contribution in [3.05, 3.63) is 65.7 Å². The van der Waals surface area contributed by atoms with Crippen LogP contribution in [0, 0.1) is 5.92 Å². The first-order chi connectivity index (χ1) is 12.3. The van der Waals surface area contributed by atoms with E-state index in [1.165, 1.54) is 5.56 Å². The van der Waals surface area contributed by atoms with E-state index in [1.54, 1.807) is 0 Å². The summed E-state index contributed by atoms with van der Waals surface area (Å²) in [6.07, 6.45) is 0. The smallest absolute Gasteiger partial charge is 0.174 e. The Morgan fingerprint density at radius 1 is 0.880 bits per heavy atom. The molecule has 1 fully saturated rings. The van der Waals surface area contributed by atoms with Gasteiger partial charge >= 0.3 is 0 Å². The third-order valence-electron chi connectivity index (χ3n) is 5.16. The van der Waals surface area contributed by atoms with Gasteiger partial charge in [0.25, 0.3) is 0 Å². The van der Waals surface area contributed by atoms with Crippen molar-refractivity contribution in [3.8, 4) is 5.75 Å². The van der Waals surface area contributed by atoms with Crippen molar-refractivity contribution in [1.82, 2.24) is 9.80 Å². The molecule has 0 radical (unpaired) electrons. The maximum Gasteiger partial charge on any atom is 0.174 e. The second-order valence-electron chi connectivity index (χ2n) is 6.93. The molecular formula is C21H24N2O2. The molecule has 2 aromatic rings. The molecule has 130 valence electrons. The number of nitrogens with zero attached hydrogens (tertiary/aromatic N) is 2. The summed E-state index contributed by atoms with van der Waals surface area (Å²) in [4.78, 5) is 17.6. The summed E-state index contributed by atoms with van der Waals surface area (Å²) < 4.78 is 5.79. The van der Waals surface area contributed by atoms with Crippen LogP contribution in [0.3, 0.4) is 0 Å². The van der Waals surface area contributed by atoms with Crippen molar-refractivity contribution in [2.75, 3.05) is 39.3 Å². The zero-order valence-corrected chi connectivity index (χ0v) is 14.4. The standard InChI is InChI=1S/C21H24N2O2/c24-21-18(16-25-20-9-5-4-8-19(20)21)15-23-12-10-22(11-13-23)14-17-6-2-1-3-7-17/h1-9,18H,10-16H2. The fraction of sp³-hybridized carbons (Fsp3) is 0.381. The van der Waals surface area contributed by atoms with E-state index in [9.17, 15) is 4.79 Å². The lowest BCUT2D eigenvalue weighted by atomic mass is 9.94. The normalized spacial score (nSPS) is 21.6. The minimum absolute atomic E-state index is 0.0458. The summed E-state index contributed by atoms with van der Waals surface area (Å²) >= 11 is 0. The van der Waals surface area contributed by atoms with Gasteiger partial charge in [0.05, 0.1) is 18.1 Å². The molecule has 0 bridgehead atoms. The summed E-state index contributed by atoms with van der Waals surface area (Å²) in [6.45, 7) is 6.43. The number of hydrogen-bond acceptors (Lipinski definition) is 4. The fourth-order valence-electron chi connectivity index (χ4n) is 3.70. The molecule has 25 heavy (non-hydrogen) atoms. The predicted octanol–water partition coefficient (Wildman–Crippen LogP) is 2.70. The summed E-state index contributed by atoms with van der Waals surface area (Å²) in [5, 5.41) is 0. The summed E-state index contributed by atoms with van der Waals surface area (Å²) in [6, 6.07) is 18.2. The molecule has 1 atom stereocenters. The van der Waals surface area contributed by atoms with Crippen LogP contribution < -0.4 is 4.74 Å². The Hall–Kier alpha value is -2.17. The van der Waals surface area contributed by atoms with Gasteiger partial charge in [-0.3, -0.25) is 14.6 Å². The van der Waals surface area contributed by atoms with E-state index in [1.807, 2.05) is 24.3 Å². The number of ether oxygens (including phenoxy) is 1. The van der Waals surface area contributed by atoms with Gasteiger partial charge in [0.15, 0.2) is 5.78 Å². The molecule has 0 aromatic heterocycles. The molecule has 0 saturated carbocycles. The van der Waals surface area contributed by atoms with Crippen LogP contribution in [0.4, 0.5) is 0 Å². The lowest BCUT2D eigenvalue weighted by molar-refractivity contribution is 0.0681. The Kier molecular flexibility index (Phi) is 4.81. The Morgan fingerprint density at radius 2 is 1.56 bits per heavy atom. The molecule has 4 heteroatoms. The molecule has 1 saturated heterocycles. The molecule has 0 aliphatic carbocycles.